The van der Waals surface area contributed by atoms with Crippen LogP contribution in [0, 0.1) is 5.92 Å². The highest BCUT2D eigenvalue weighted by atomic mass is 16.2. The number of H-pyrrole nitrogens is 1. The summed E-state index contributed by atoms with van der Waals surface area (Å²) < 4.78 is 3.21. The van der Waals surface area contributed by atoms with Crippen molar-refractivity contribution in [1.82, 2.24) is 19.1 Å². The molecule has 1 atom stereocenters. The van der Waals surface area contributed by atoms with E-state index in [1.165, 1.54) is 4.57 Å². The minimum absolute atomic E-state index is 0.122. The van der Waals surface area contributed by atoms with Gasteiger partial charge in [0.25, 0.3) is 5.56 Å². The molecule has 0 amide bonds. The minimum Gasteiger partial charge on any atom is -0.325 e. The smallest absolute Gasteiger partial charge is 0.325 e. The first kappa shape index (κ1) is 20.8. The molecule has 7 nitrogen and oxygen atoms in total. The number of aromatic amines is 1. The first-order chi connectivity index (χ1) is 13.9. The van der Waals surface area contributed by atoms with Gasteiger partial charge in [-0.3, -0.25) is 19.1 Å². The van der Waals surface area contributed by atoms with Crippen LogP contribution in [-0.4, -0.2) is 24.9 Å². The van der Waals surface area contributed by atoms with Crippen molar-refractivity contribution in [2.45, 2.75) is 59.5 Å². The molecule has 0 aliphatic rings. The molecule has 0 saturated carbocycles. The summed E-state index contributed by atoms with van der Waals surface area (Å²) in [6.45, 7) is 6.93. The Hall–Kier alpha value is -2.96. The Labute approximate surface area is 169 Å². The normalized spacial score (nSPS) is 12.4. The number of carbonyl (C=O) groups excluding carboxylic acids is 1. The second kappa shape index (κ2) is 9.03. The Morgan fingerprint density at radius 2 is 1.83 bits per heavy atom. The van der Waals surface area contributed by atoms with Crippen LogP contribution < -0.4 is 11.2 Å². The summed E-state index contributed by atoms with van der Waals surface area (Å²) >= 11 is 0. The Kier molecular flexibility index (Phi) is 6.46. The fraction of sp³-hybridized carbons (Fsp3) is 0.455. The maximum Gasteiger partial charge on any atom is 0.330 e. The number of imidazole rings is 1. The number of hydrogen-bond donors (Lipinski definition) is 1. The molecule has 0 saturated heterocycles. The Balaban J connectivity index is 1.75. The van der Waals surface area contributed by atoms with Crippen LogP contribution in [0.5, 0.6) is 0 Å². The molecule has 3 aromatic rings. The van der Waals surface area contributed by atoms with Crippen LogP contribution in [0.4, 0.5) is 0 Å². The third-order valence-corrected chi connectivity index (χ3v) is 5.39. The zero-order valence-corrected chi connectivity index (χ0v) is 17.3. The number of aromatic nitrogens is 4. The molecule has 0 spiro atoms. The molecule has 0 unspecified atom stereocenters. The van der Waals surface area contributed by atoms with Crippen LogP contribution in [0.2, 0.25) is 0 Å². The monoisotopic (exact) mass is 396 g/mol. The van der Waals surface area contributed by atoms with Crippen molar-refractivity contribution in [1.29, 1.82) is 0 Å². The minimum atomic E-state index is -0.469. The lowest BCUT2D eigenvalue weighted by molar-refractivity contribution is -0.122. The zero-order valence-electron chi connectivity index (χ0n) is 17.3. The van der Waals surface area contributed by atoms with Crippen molar-refractivity contribution in [3.63, 3.8) is 0 Å². The van der Waals surface area contributed by atoms with Gasteiger partial charge in [-0.25, -0.2) is 9.78 Å². The van der Waals surface area contributed by atoms with Crippen molar-refractivity contribution < 1.29 is 4.79 Å². The largest absolute Gasteiger partial charge is 0.330 e. The second-order valence-corrected chi connectivity index (χ2v) is 7.52. The summed E-state index contributed by atoms with van der Waals surface area (Å²) in [4.78, 5) is 43.3. The third-order valence-electron chi connectivity index (χ3n) is 5.39. The van der Waals surface area contributed by atoms with Crippen molar-refractivity contribution in [2.75, 3.05) is 0 Å². The summed E-state index contributed by atoms with van der Waals surface area (Å²) in [5.74, 6) is 0.432. The van der Waals surface area contributed by atoms with E-state index in [0.717, 1.165) is 30.4 Å². The second-order valence-electron chi connectivity index (χ2n) is 7.52. The topological polar surface area (TPSA) is 89.8 Å². The lowest BCUT2D eigenvalue weighted by atomic mass is 9.96. The van der Waals surface area contributed by atoms with Crippen LogP contribution in [0.15, 0.2) is 40.2 Å². The number of aryl methyl sites for hydroxylation is 2. The molecular formula is C22H28N4O3. The number of nitrogens with one attached hydrogen (secondary N) is 1. The van der Waals surface area contributed by atoms with Gasteiger partial charge < -0.3 is 4.57 Å². The fourth-order valence-electron chi connectivity index (χ4n) is 3.61. The number of nitrogens with zero attached hydrogens (tertiary/aromatic N) is 3. The Bertz CT molecular complexity index is 1110. The van der Waals surface area contributed by atoms with E-state index in [4.69, 9.17) is 0 Å². The predicted octanol–water partition coefficient (Wildman–Crippen LogP) is 2.89. The fourth-order valence-corrected chi connectivity index (χ4v) is 3.61. The van der Waals surface area contributed by atoms with E-state index in [-0.39, 0.29) is 5.92 Å². The number of fused-ring (bicyclic) bond motifs is 1. The van der Waals surface area contributed by atoms with Crippen LogP contribution in [-0.2, 0) is 24.3 Å². The highest BCUT2D eigenvalue weighted by Gasteiger charge is 2.14. The summed E-state index contributed by atoms with van der Waals surface area (Å²) in [6, 6.07) is 7.89. The molecular weight excluding hydrogens is 368 g/mol. The van der Waals surface area contributed by atoms with Gasteiger partial charge in [0.2, 0.25) is 0 Å². The molecule has 7 heteroatoms. The molecule has 2 heterocycles. The van der Waals surface area contributed by atoms with E-state index in [1.54, 1.807) is 10.9 Å². The van der Waals surface area contributed by atoms with E-state index < -0.39 is 11.2 Å². The quantitative estimate of drug-likeness (QED) is 0.602. The Morgan fingerprint density at radius 3 is 2.48 bits per heavy atom. The number of ketones is 1. The molecule has 1 N–H and O–H groups in total. The van der Waals surface area contributed by atoms with E-state index in [9.17, 15) is 14.4 Å². The van der Waals surface area contributed by atoms with Crippen molar-refractivity contribution in [3.8, 4) is 0 Å². The Morgan fingerprint density at radius 1 is 1.14 bits per heavy atom. The zero-order chi connectivity index (χ0) is 21.0. The molecule has 0 bridgehead atoms. The average Bonchev–Trinajstić information content (AvgIpc) is 3.15. The lowest BCUT2D eigenvalue weighted by Gasteiger charge is -2.10. The molecule has 0 aliphatic heterocycles. The number of Topliss-reactive ketones (excluding diaryl/α,β-unsaturated/α-hetero) is 1. The average molecular weight is 396 g/mol. The van der Waals surface area contributed by atoms with Crippen LogP contribution >= 0.6 is 0 Å². The first-order valence-electron chi connectivity index (χ1n) is 10.2. The number of benzene rings is 1. The molecule has 0 fully saturated rings. The molecule has 3 rings (SSSR count). The highest BCUT2D eigenvalue weighted by Crippen LogP contribution is 2.14. The van der Waals surface area contributed by atoms with Gasteiger partial charge in [0, 0.05) is 18.9 Å². The summed E-state index contributed by atoms with van der Waals surface area (Å²) in [6.07, 6.45) is 4.81. The third kappa shape index (κ3) is 4.55. The highest BCUT2D eigenvalue weighted by molar-refractivity contribution is 5.80. The van der Waals surface area contributed by atoms with Crippen LogP contribution in [0.25, 0.3) is 11.2 Å². The van der Waals surface area contributed by atoms with Gasteiger partial charge in [0.1, 0.15) is 5.78 Å². The standard InChI is InChI=1S/C22H28N4O3/c1-4-6-15(3)18(27)12-11-16-7-9-17(10-8-16)13-26-20-19(21(28)24-22(26)29)25(5-2)14-23-20/h7-10,14-15H,4-6,11-13H2,1-3H3,(H,24,28,29)/t15-/m0/s1. The molecule has 2 aromatic heterocycles. The molecule has 154 valence electrons. The van der Waals surface area contributed by atoms with Gasteiger partial charge in [-0.2, -0.15) is 0 Å². The van der Waals surface area contributed by atoms with Gasteiger partial charge in [0.15, 0.2) is 11.2 Å². The van der Waals surface area contributed by atoms with Crippen LogP contribution in [0.1, 0.15) is 51.2 Å². The molecule has 29 heavy (non-hydrogen) atoms. The number of rotatable bonds is 9. The van der Waals surface area contributed by atoms with Gasteiger partial charge in [-0.15, -0.1) is 0 Å². The van der Waals surface area contributed by atoms with Crippen molar-refractivity contribution in [3.05, 3.63) is 62.6 Å². The van der Waals surface area contributed by atoms with Crippen molar-refractivity contribution >= 4 is 16.9 Å². The maximum atomic E-state index is 12.3. The van der Waals surface area contributed by atoms with Gasteiger partial charge in [-0.1, -0.05) is 44.5 Å². The van der Waals surface area contributed by atoms with E-state index in [2.05, 4.69) is 16.9 Å². The molecule has 1 aromatic carbocycles. The lowest BCUT2D eigenvalue weighted by Crippen LogP contribution is -2.31. The van der Waals surface area contributed by atoms with Gasteiger partial charge >= 0.3 is 5.69 Å². The van der Waals surface area contributed by atoms with E-state index in [1.807, 2.05) is 38.1 Å². The summed E-state index contributed by atoms with van der Waals surface area (Å²) in [5.41, 5.74) is 1.94. The van der Waals surface area contributed by atoms with E-state index >= 15 is 0 Å². The SMILES string of the molecule is CCC[C@H](C)C(=O)CCc1ccc(Cn2c(=O)[nH]c(=O)c3c2ncn3CC)cc1. The molecule has 0 radical (unpaired) electrons. The van der Waals surface area contributed by atoms with Gasteiger partial charge in [-0.05, 0) is 30.9 Å². The van der Waals surface area contributed by atoms with E-state index in [0.29, 0.717) is 36.5 Å². The maximum absolute atomic E-state index is 12.3. The van der Waals surface area contributed by atoms with Crippen LogP contribution in [0.3, 0.4) is 0 Å². The predicted molar refractivity (Wildman–Crippen MR) is 113 cm³/mol. The summed E-state index contributed by atoms with van der Waals surface area (Å²) in [7, 11) is 0. The van der Waals surface area contributed by atoms with Gasteiger partial charge in [0.05, 0.1) is 12.9 Å². The number of hydrogen-bond acceptors (Lipinski definition) is 4. The summed E-state index contributed by atoms with van der Waals surface area (Å²) in [5, 5.41) is 0. The number of carbonyl (C=O) groups is 1. The molecule has 0 aliphatic carbocycles. The van der Waals surface area contributed by atoms with Crippen molar-refractivity contribution in [2.24, 2.45) is 5.92 Å². The first-order valence-corrected chi connectivity index (χ1v) is 10.2.